The lowest BCUT2D eigenvalue weighted by Crippen LogP contribution is -2.35. The lowest BCUT2D eigenvalue weighted by Gasteiger charge is -2.18. The van der Waals surface area contributed by atoms with Gasteiger partial charge < -0.3 is 15.3 Å². The second kappa shape index (κ2) is 9.88. The molecule has 18 heavy (non-hydrogen) atoms. The molecule has 0 spiro atoms. The highest BCUT2D eigenvalue weighted by atomic mass is 16.3. The number of hydrogen-bond donors (Lipinski definition) is 2. The van der Waals surface area contributed by atoms with Crippen LogP contribution in [0.15, 0.2) is 0 Å². The molecule has 0 saturated carbocycles. The summed E-state index contributed by atoms with van der Waals surface area (Å²) >= 11 is 0. The lowest BCUT2D eigenvalue weighted by molar-refractivity contribution is -0.137. The molecule has 5 heteroatoms. The Balaban J connectivity index is 3.40. The average molecular weight is 258 g/mol. The summed E-state index contributed by atoms with van der Waals surface area (Å²) in [6.45, 7) is 2.16. The Hall–Kier alpha value is -1.10. The van der Waals surface area contributed by atoms with Crippen LogP contribution in [0.1, 0.15) is 45.4 Å². The minimum atomic E-state index is -0.914. The number of hydrogen-bond acceptors (Lipinski definition) is 3. The van der Waals surface area contributed by atoms with E-state index >= 15 is 0 Å². The van der Waals surface area contributed by atoms with Crippen molar-refractivity contribution in [3.63, 3.8) is 0 Å². The van der Waals surface area contributed by atoms with Crippen molar-refractivity contribution in [1.29, 1.82) is 0 Å². The van der Waals surface area contributed by atoms with E-state index in [-0.39, 0.29) is 11.8 Å². The Morgan fingerprint density at radius 2 is 1.72 bits per heavy atom. The number of unbranched alkanes of at least 4 members (excludes halogenated alkanes) is 4. The van der Waals surface area contributed by atoms with Crippen molar-refractivity contribution in [3.8, 4) is 0 Å². The van der Waals surface area contributed by atoms with Gasteiger partial charge in [0.05, 0.1) is 0 Å². The maximum atomic E-state index is 11.3. The van der Waals surface area contributed by atoms with Crippen molar-refractivity contribution in [2.45, 2.75) is 51.6 Å². The molecule has 0 rings (SSSR count). The van der Waals surface area contributed by atoms with Crippen molar-refractivity contribution in [1.82, 2.24) is 10.2 Å². The molecule has 0 aliphatic rings. The molecule has 1 atom stereocenters. The van der Waals surface area contributed by atoms with Crippen molar-refractivity contribution < 1.29 is 14.7 Å². The molecule has 0 aromatic carbocycles. The summed E-state index contributed by atoms with van der Waals surface area (Å²) in [5, 5.41) is 11.7. The topological polar surface area (TPSA) is 69.6 Å². The second-order valence-electron chi connectivity index (χ2n) is 4.63. The van der Waals surface area contributed by atoms with Gasteiger partial charge in [-0.25, -0.2) is 0 Å². The standard InChI is InChI=1S/C13H26N2O3/c1-11(16)13(18)15(3)10-8-6-4-5-7-9-12(17)14-2/h11,16H,4-10H2,1-3H3,(H,14,17). The Labute approximate surface area is 110 Å². The maximum absolute atomic E-state index is 11.3. The molecule has 106 valence electrons. The van der Waals surface area contributed by atoms with E-state index in [1.807, 2.05) is 0 Å². The van der Waals surface area contributed by atoms with Gasteiger partial charge in [0.2, 0.25) is 5.91 Å². The fourth-order valence-corrected chi connectivity index (χ4v) is 1.72. The van der Waals surface area contributed by atoms with Crippen LogP contribution < -0.4 is 5.32 Å². The van der Waals surface area contributed by atoms with Gasteiger partial charge in [-0.15, -0.1) is 0 Å². The number of nitrogens with one attached hydrogen (secondary N) is 1. The highest BCUT2D eigenvalue weighted by molar-refractivity contribution is 5.79. The third kappa shape index (κ3) is 8.06. The third-order valence-electron chi connectivity index (χ3n) is 2.91. The fraction of sp³-hybridized carbons (Fsp3) is 0.846. The number of likely N-dealkylation sites (N-methyl/N-ethyl adjacent to an activating group) is 1. The average Bonchev–Trinajstić information content (AvgIpc) is 2.35. The normalized spacial score (nSPS) is 12.0. The number of nitrogens with zero attached hydrogens (tertiary/aromatic N) is 1. The van der Waals surface area contributed by atoms with E-state index < -0.39 is 6.10 Å². The van der Waals surface area contributed by atoms with E-state index in [1.165, 1.54) is 6.92 Å². The van der Waals surface area contributed by atoms with Crippen LogP contribution in [0.25, 0.3) is 0 Å². The van der Waals surface area contributed by atoms with Crippen molar-refractivity contribution in [3.05, 3.63) is 0 Å². The summed E-state index contributed by atoms with van der Waals surface area (Å²) < 4.78 is 0. The molecular formula is C13H26N2O3. The second-order valence-corrected chi connectivity index (χ2v) is 4.63. The first kappa shape index (κ1) is 16.9. The van der Waals surface area contributed by atoms with Gasteiger partial charge in [0, 0.05) is 27.1 Å². The number of rotatable bonds is 9. The van der Waals surface area contributed by atoms with Gasteiger partial charge in [-0.2, -0.15) is 0 Å². The Morgan fingerprint density at radius 1 is 1.17 bits per heavy atom. The summed E-state index contributed by atoms with van der Waals surface area (Å²) in [7, 11) is 3.36. The highest BCUT2D eigenvalue weighted by Crippen LogP contribution is 2.06. The van der Waals surface area contributed by atoms with Crippen LogP contribution in [0.3, 0.4) is 0 Å². The Morgan fingerprint density at radius 3 is 2.28 bits per heavy atom. The quantitative estimate of drug-likeness (QED) is 0.604. The molecular weight excluding hydrogens is 232 g/mol. The molecule has 0 aliphatic carbocycles. The predicted octanol–water partition coefficient (Wildman–Crippen LogP) is 0.912. The van der Waals surface area contributed by atoms with Crippen molar-refractivity contribution in [2.24, 2.45) is 0 Å². The summed E-state index contributed by atoms with van der Waals surface area (Å²) in [6.07, 6.45) is 4.71. The van der Waals surface area contributed by atoms with Gasteiger partial charge >= 0.3 is 0 Å². The Bertz CT molecular complexity index is 255. The predicted molar refractivity (Wildman–Crippen MR) is 71.1 cm³/mol. The lowest BCUT2D eigenvalue weighted by atomic mass is 10.1. The van der Waals surface area contributed by atoms with E-state index in [9.17, 15) is 9.59 Å². The van der Waals surface area contributed by atoms with Crippen molar-refractivity contribution in [2.75, 3.05) is 20.6 Å². The van der Waals surface area contributed by atoms with Gasteiger partial charge in [-0.1, -0.05) is 19.3 Å². The van der Waals surface area contributed by atoms with Crippen LogP contribution in [0.4, 0.5) is 0 Å². The zero-order valence-corrected chi connectivity index (χ0v) is 11.7. The SMILES string of the molecule is CNC(=O)CCCCCCCN(C)C(=O)C(C)O. The van der Waals surface area contributed by atoms with Crippen LogP contribution in [0, 0.1) is 0 Å². The fourth-order valence-electron chi connectivity index (χ4n) is 1.72. The third-order valence-corrected chi connectivity index (χ3v) is 2.91. The highest BCUT2D eigenvalue weighted by Gasteiger charge is 2.13. The van der Waals surface area contributed by atoms with Crippen LogP contribution >= 0.6 is 0 Å². The summed E-state index contributed by atoms with van der Waals surface area (Å²) in [6, 6.07) is 0. The van der Waals surface area contributed by atoms with E-state index in [0.29, 0.717) is 13.0 Å². The summed E-state index contributed by atoms with van der Waals surface area (Å²) in [4.78, 5) is 23.9. The largest absolute Gasteiger partial charge is 0.384 e. The summed E-state index contributed by atoms with van der Waals surface area (Å²) in [5.41, 5.74) is 0. The number of aliphatic hydroxyl groups is 1. The molecule has 2 N–H and O–H groups in total. The molecule has 0 radical (unpaired) electrons. The smallest absolute Gasteiger partial charge is 0.250 e. The number of carbonyl (C=O) groups is 2. The van der Waals surface area contributed by atoms with E-state index in [2.05, 4.69) is 5.32 Å². The van der Waals surface area contributed by atoms with Gasteiger partial charge in [-0.3, -0.25) is 9.59 Å². The van der Waals surface area contributed by atoms with Crippen molar-refractivity contribution >= 4 is 11.8 Å². The molecule has 2 amide bonds. The number of aliphatic hydroxyl groups excluding tert-OH is 1. The van der Waals surface area contributed by atoms with Crippen LogP contribution in [-0.4, -0.2) is 48.6 Å². The van der Waals surface area contributed by atoms with Gasteiger partial charge in [-0.05, 0) is 19.8 Å². The zero-order chi connectivity index (χ0) is 14.0. The maximum Gasteiger partial charge on any atom is 0.250 e. The first-order chi connectivity index (χ1) is 8.49. The number of amides is 2. The van der Waals surface area contributed by atoms with Gasteiger partial charge in [0.1, 0.15) is 6.10 Å². The zero-order valence-electron chi connectivity index (χ0n) is 11.7. The molecule has 0 heterocycles. The first-order valence-corrected chi connectivity index (χ1v) is 6.62. The molecule has 0 aliphatic heterocycles. The van der Waals surface area contributed by atoms with E-state index in [1.54, 1.807) is 19.0 Å². The van der Waals surface area contributed by atoms with Crippen LogP contribution in [0.5, 0.6) is 0 Å². The minimum Gasteiger partial charge on any atom is -0.384 e. The minimum absolute atomic E-state index is 0.0947. The number of carbonyl (C=O) groups excluding carboxylic acids is 2. The van der Waals surface area contributed by atoms with E-state index in [0.717, 1.165) is 32.1 Å². The van der Waals surface area contributed by atoms with Crippen LogP contribution in [0.2, 0.25) is 0 Å². The summed E-state index contributed by atoms with van der Waals surface area (Å²) in [5.74, 6) is -0.133. The molecule has 5 nitrogen and oxygen atoms in total. The molecule has 0 aromatic heterocycles. The molecule has 0 saturated heterocycles. The van der Waals surface area contributed by atoms with Gasteiger partial charge in [0.15, 0.2) is 0 Å². The van der Waals surface area contributed by atoms with Crippen LogP contribution in [-0.2, 0) is 9.59 Å². The molecule has 0 bridgehead atoms. The Kier molecular flexibility index (Phi) is 9.28. The van der Waals surface area contributed by atoms with E-state index in [4.69, 9.17) is 5.11 Å². The molecule has 1 unspecified atom stereocenters. The first-order valence-electron chi connectivity index (χ1n) is 6.62. The van der Waals surface area contributed by atoms with Gasteiger partial charge in [0.25, 0.3) is 5.91 Å². The molecule has 0 fully saturated rings. The monoisotopic (exact) mass is 258 g/mol. The molecule has 0 aromatic rings.